The zero-order chi connectivity index (χ0) is 20.6. The predicted octanol–water partition coefficient (Wildman–Crippen LogP) is 2.06. The van der Waals surface area contributed by atoms with Gasteiger partial charge in [0.2, 0.25) is 5.91 Å². The lowest BCUT2D eigenvalue weighted by molar-refractivity contribution is -0.144. The van der Waals surface area contributed by atoms with Crippen molar-refractivity contribution in [2.45, 2.75) is 18.2 Å². The van der Waals surface area contributed by atoms with Gasteiger partial charge >= 0.3 is 5.97 Å². The number of carbonyl (C=O) groups is 2. The molecule has 0 fully saturated rings. The van der Waals surface area contributed by atoms with Gasteiger partial charge in [-0.05, 0) is 17.7 Å². The molecule has 3 aromatic rings. The summed E-state index contributed by atoms with van der Waals surface area (Å²) in [4.78, 5) is 43.5. The Kier molecular flexibility index (Phi) is 7.02. The maximum Gasteiger partial charge on any atom is 0.328 e. The average molecular weight is 411 g/mol. The predicted molar refractivity (Wildman–Crippen MR) is 113 cm³/mol. The van der Waals surface area contributed by atoms with Gasteiger partial charge in [-0.2, -0.15) is 0 Å². The van der Waals surface area contributed by atoms with E-state index in [1.54, 1.807) is 18.2 Å². The van der Waals surface area contributed by atoms with Gasteiger partial charge in [0.15, 0.2) is 0 Å². The molecule has 1 atom stereocenters. The molecule has 2 aromatic carbocycles. The molecule has 1 amide bonds. The highest BCUT2D eigenvalue weighted by Crippen LogP contribution is 2.11. The van der Waals surface area contributed by atoms with Crippen molar-refractivity contribution in [3.63, 3.8) is 0 Å². The van der Waals surface area contributed by atoms with Crippen LogP contribution in [0.15, 0.2) is 59.4 Å². The van der Waals surface area contributed by atoms with Crippen molar-refractivity contribution in [2.24, 2.45) is 0 Å². The Morgan fingerprint density at radius 3 is 2.62 bits per heavy atom. The summed E-state index contributed by atoms with van der Waals surface area (Å²) in [6.07, 6.45) is 0.351. The summed E-state index contributed by atoms with van der Waals surface area (Å²) in [7, 11) is 1.29. The van der Waals surface area contributed by atoms with Gasteiger partial charge in [0.1, 0.15) is 11.9 Å². The molecule has 0 aliphatic heterocycles. The third-order valence-electron chi connectivity index (χ3n) is 4.24. The van der Waals surface area contributed by atoms with Crippen molar-refractivity contribution in [1.82, 2.24) is 15.3 Å². The molecule has 150 valence electrons. The number of methoxy groups -OCH3 is 1. The molecule has 0 spiro atoms. The summed E-state index contributed by atoms with van der Waals surface area (Å²) >= 11 is 1.30. The lowest BCUT2D eigenvalue weighted by atomic mass is 10.1. The standard InChI is InChI=1S/C21H21N3O4S/c1-28-21(27)17(11-14-7-3-2-4-8-14)23-19(25)13-29-12-18-22-16-10-6-5-9-15(16)20(26)24-18/h2-10,17H,11-13H2,1H3,(H,23,25)(H,22,24,26). The van der Waals surface area contributed by atoms with E-state index in [-0.39, 0.29) is 17.2 Å². The molecule has 1 aromatic heterocycles. The molecular weight excluding hydrogens is 390 g/mol. The Labute approximate surface area is 171 Å². The zero-order valence-electron chi connectivity index (χ0n) is 15.9. The molecule has 0 saturated carbocycles. The fourth-order valence-electron chi connectivity index (χ4n) is 2.86. The maximum atomic E-state index is 12.3. The summed E-state index contributed by atoms with van der Waals surface area (Å²) in [6, 6.07) is 15.7. The van der Waals surface area contributed by atoms with Crippen LogP contribution in [0.2, 0.25) is 0 Å². The number of amides is 1. The topological polar surface area (TPSA) is 101 Å². The van der Waals surface area contributed by atoms with Crippen LogP contribution in [0.4, 0.5) is 0 Å². The third kappa shape index (κ3) is 5.68. The third-order valence-corrected chi connectivity index (χ3v) is 5.18. The quantitative estimate of drug-likeness (QED) is 0.550. The van der Waals surface area contributed by atoms with E-state index in [0.717, 1.165) is 5.56 Å². The van der Waals surface area contributed by atoms with Crippen LogP contribution in [0.3, 0.4) is 0 Å². The van der Waals surface area contributed by atoms with E-state index in [0.29, 0.717) is 28.9 Å². The molecule has 7 nitrogen and oxygen atoms in total. The van der Waals surface area contributed by atoms with Crippen molar-refractivity contribution in [1.29, 1.82) is 0 Å². The number of ether oxygens (including phenoxy) is 1. The van der Waals surface area contributed by atoms with Gasteiger partial charge in [0, 0.05) is 6.42 Å². The van der Waals surface area contributed by atoms with Crippen LogP contribution in [0.5, 0.6) is 0 Å². The molecule has 0 saturated heterocycles. The van der Waals surface area contributed by atoms with Crippen LogP contribution in [-0.2, 0) is 26.5 Å². The number of aromatic amines is 1. The van der Waals surface area contributed by atoms with Gasteiger partial charge < -0.3 is 15.0 Å². The minimum atomic E-state index is -0.755. The second-order valence-corrected chi connectivity index (χ2v) is 7.34. The number of hydrogen-bond donors (Lipinski definition) is 2. The Hall–Kier alpha value is -3.13. The summed E-state index contributed by atoms with van der Waals surface area (Å²) < 4.78 is 4.80. The van der Waals surface area contributed by atoms with E-state index in [4.69, 9.17) is 4.74 Å². The van der Waals surface area contributed by atoms with Crippen molar-refractivity contribution in [2.75, 3.05) is 12.9 Å². The summed E-state index contributed by atoms with van der Waals surface area (Å²) in [5.74, 6) is 0.214. The average Bonchev–Trinajstić information content (AvgIpc) is 2.73. The van der Waals surface area contributed by atoms with Crippen LogP contribution in [0.1, 0.15) is 11.4 Å². The van der Waals surface area contributed by atoms with E-state index in [2.05, 4.69) is 15.3 Å². The number of nitrogens with one attached hydrogen (secondary N) is 2. The van der Waals surface area contributed by atoms with Gasteiger partial charge in [0.05, 0.1) is 29.5 Å². The van der Waals surface area contributed by atoms with Crippen molar-refractivity contribution >= 4 is 34.5 Å². The second kappa shape index (κ2) is 9.88. The van der Waals surface area contributed by atoms with E-state index >= 15 is 0 Å². The number of fused-ring (bicyclic) bond motifs is 1. The van der Waals surface area contributed by atoms with Gasteiger partial charge in [0.25, 0.3) is 5.56 Å². The van der Waals surface area contributed by atoms with Crippen molar-refractivity contribution in [3.05, 3.63) is 76.3 Å². The van der Waals surface area contributed by atoms with Crippen LogP contribution in [0, 0.1) is 0 Å². The van der Waals surface area contributed by atoms with Crippen molar-refractivity contribution in [3.8, 4) is 0 Å². The fraction of sp³-hybridized carbons (Fsp3) is 0.238. The fourth-order valence-corrected chi connectivity index (χ4v) is 3.57. The molecule has 29 heavy (non-hydrogen) atoms. The number of esters is 1. The number of para-hydroxylation sites is 1. The normalized spacial score (nSPS) is 11.8. The summed E-state index contributed by atoms with van der Waals surface area (Å²) in [5.41, 5.74) is 1.34. The number of rotatable bonds is 8. The van der Waals surface area contributed by atoms with E-state index in [9.17, 15) is 14.4 Å². The Balaban J connectivity index is 1.56. The number of thioether (sulfide) groups is 1. The molecular formula is C21H21N3O4S. The molecule has 1 unspecified atom stereocenters. The highest BCUT2D eigenvalue weighted by Gasteiger charge is 2.21. The first kappa shape index (κ1) is 20.6. The first-order valence-corrected chi connectivity index (χ1v) is 10.2. The van der Waals surface area contributed by atoms with E-state index in [1.165, 1.54) is 18.9 Å². The molecule has 0 aliphatic carbocycles. The lowest BCUT2D eigenvalue weighted by Crippen LogP contribution is -2.43. The van der Waals surface area contributed by atoms with Crippen LogP contribution < -0.4 is 10.9 Å². The smallest absolute Gasteiger partial charge is 0.328 e. The highest BCUT2D eigenvalue weighted by molar-refractivity contribution is 7.99. The molecule has 0 radical (unpaired) electrons. The molecule has 0 bridgehead atoms. The molecule has 0 aliphatic rings. The second-order valence-electron chi connectivity index (χ2n) is 6.36. The monoisotopic (exact) mass is 411 g/mol. The first-order valence-electron chi connectivity index (χ1n) is 9.03. The van der Waals surface area contributed by atoms with Crippen LogP contribution >= 0.6 is 11.8 Å². The van der Waals surface area contributed by atoms with Gasteiger partial charge in [-0.25, -0.2) is 9.78 Å². The first-order chi connectivity index (χ1) is 14.1. The van der Waals surface area contributed by atoms with E-state index < -0.39 is 12.0 Å². The summed E-state index contributed by atoms with van der Waals surface area (Å²) in [5, 5.41) is 3.25. The molecule has 1 heterocycles. The maximum absolute atomic E-state index is 12.3. The van der Waals surface area contributed by atoms with Crippen LogP contribution in [0.25, 0.3) is 10.9 Å². The molecule has 2 N–H and O–H groups in total. The van der Waals surface area contributed by atoms with Gasteiger partial charge in [-0.1, -0.05) is 42.5 Å². The number of aromatic nitrogens is 2. The highest BCUT2D eigenvalue weighted by atomic mass is 32.2. The van der Waals surface area contributed by atoms with Crippen LogP contribution in [-0.4, -0.2) is 40.7 Å². The molecule has 3 rings (SSSR count). The number of benzene rings is 2. The van der Waals surface area contributed by atoms with Gasteiger partial charge in [-0.3, -0.25) is 9.59 Å². The Bertz CT molecular complexity index is 1050. The largest absolute Gasteiger partial charge is 0.467 e. The lowest BCUT2D eigenvalue weighted by Gasteiger charge is -2.16. The Morgan fingerprint density at radius 2 is 1.86 bits per heavy atom. The number of H-pyrrole nitrogens is 1. The minimum absolute atomic E-state index is 0.124. The molecule has 8 heteroatoms. The number of carbonyl (C=O) groups excluding carboxylic acids is 2. The summed E-state index contributed by atoms with van der Waals surface area (Å²) in [6.45, 7) is 0. The Morgan fingerprint density at radius 1 is 1.14 bits per heavy atom. The zero-order valence-corrected chi connectivity index (χ0v) is 16.7. The van der Waals surface area contributed by atoms with Crippen molar-refractivity contribution < 1.29 is 14.3 Å². The SMILES string of the molecule is COC(=O)C(Cc1ccccc1)NC(=O)CSCc1nc2ccccc2c(=O)[nH]1. The number of nitrogens with zero attached hydrogens (tertiary/aromatic N) is 1. The van der Waals surface area contributed by atoms with E-state index in [1.807, 2.05) is 36.4 Å². The number of hydrogen-bond acceptors (Lipinski definition) is 6. The minimum Gasteiger partial charge on any atom is -0.467 e. The van der Waals surface area contributed by atoms with Gasteiger partial charge in [-0.15, -0.1) is 11.8 Å².